The van der Waals surface area contributed by atoms with Gasteiger partial charge in [0.1, 0.15) is 0 Å². The molecule has 0 spiro atoms. The molecule has 0 bridgehead atoms. The Morgan fingerprint density at radius 1 is 0.926 bits per heavy atom. The minimum Gasteiger partial charge on any atom is -0.416 e. The first kappa shape index (κ1) is 17.7. The SMILES string of the molecule is FC(F)(F)c1ccc(-c2nnc(-c3cccc(C4CCCCN4)c3)o2)cc1. The van der Waals surface area contributed by atoms with Gasteiger partial charge in [0.25, 0.3) is 0 Å². The molecule has 0 radical (unpaired) electrons. The van der Waals surface area contributed by atoms with Gasteiger partial charge in [0.2, 0.25) is 11.8 Å². The van der Waals surface area contributed by atoms with Crippen molar-refractivity contribution in [1.29, 1.82) is 0 Å². The second-order valence-corrected chi connectivity index (χ2v) is 6.62. The summed E-state index contributed by atoms with van der Waals surface area (Å²) in [5.41, 5.74) is 1.71. The summed E-state index contributed by atoms with van der Waals surface area (Å²) in [7, 11) is 0. The highest BCUT2D eigenvalue weighted by Gasteiger charge is 2.30. The third-order valence-corrected chi connectivity index (χ3v) is 4.73. The van der Waals surface area contributed by atoms with Crippen LogP contribution in [0.3, 0.4) is 0 Å². The highest BCUT2D eigenvalue weighted by molar-refractivity contribution is 5.59. The molecule has 2 heterocycles. The highest BCUT2D eigenvalue weighted by atomic mass is 19.4. The molecular weight excluding hydrogens is 355 g/mol. The van der Waals surface area contributed by atoms with Gasteiger partial charge in [0.15, 0.2) is 0 Å². The molecule has 0 amide bonds. The van der Waals surface area contributed by atoms with E-state index < -0.39 is 11.7 Å². The summed E-state index contributed by atoms with van der Waals surface area (Å²) in [6, 6.07) is 12.9. The third-order valence-electron chi connectivity index (χ3n) is 4.73. The van der Waals surface area contributed by atoms with Crippen molar-refractivity contribution >= 4 is 0 Å². The van der Waals surface area contributed by atoms with E-state index in [1.54, 1.807) is 0 Å². The molecule has 2 aromatic carbocycles. The first-order valence-corrected chi connectivity index (χ1v) is 8.85. The number of nitrogens with one attached hydrogen (secondary N) is 1. The Hall–Kier alpha value is -2.67. The molecule has 4 nitrogen and oxygen atoms in total. The maximum atomic E-state index is 12.7. The van der Waals surface area contributed by atoms with E-state index in [0.29, 0.717) is 17.5 Å². The average Bonchev–Trinajstić information content (AvgIpc) is 3.19. The lowest BCUT2D eigenvalue weighted by Crippen LogP contribution is -2.26. The molecule has 27 heavy (non-hydrogen) atoms. The van der Waals surface area contributed by atoms with Gasteiger partial charge >= 0.3 is 6.18 Å². The van der Waals surface area contributed by atoms with Crippen LogP contribution < -0.4 is 5.32 Å². The van der Waals surface area contributed by atoms with E-state index in [-0.39, 0.29) is 5.89 Å². The van der Waals surface area contributed by atoms with Crippen molar-refractivity contribution in [2.24, 2.45) is 0 Å². The summed E-state index contributed by atoms with van der Waals surface area (Å²) >= 11 is 0. The van der Waals surface area contributed by atoms with E-state index in [4.69, 9.17) is 4.42 Å². The van der Waals surface area contributed by atoms with Crippen molar-refractivity contribution in [2.75, 3.05) is 6.54 Å². The lowest BCUT2D eigenvalue weighted by Gasteiger charge is -2.24. The van der Waals surface area contributed by atoms with Crippen LogP contribution in [0.25, 0.3) is 22.9 Å². The second-order valence-electron chi connectivity index (χ2n) is 6.62. The number of alkyl halides is 3. The molecule has 1 aliphatic rings. The number of halogens is 3. The predicted octanol–water partition coefficient (Wildman–Crippen LogP) is 5.24. The molecule has 4 rings (SSSR count). The number of hydrogen-bond acceptors (Lipinski definition) is 4. The Kier molecular flexibility index (Phi) is 4.70. The third kappa shape index (κ3) is 3.88. The Morgan fingerprint density at radius 3 is 2.33 bits per heavy atom. The lowest BCUT2D eigenvalue weighted by atomic mass is 9.96. The number of benzene rings is 2. The van der Waals surface area contributed by atoms with Gasteiger partial charge in [-0.15, -0.1) is 10.2 Å². The van der Waals surface area contributed by atoms with Gasteiger partial charge in [-0.1, -0.05) is 18.6 Å². The summed E-state index contributed by atoms with van der Waals surface area (Å²) in [5, 5.41) is 11.5. The zero-order valence-corrected chi connectivity index (χ0v) is 14.5. The first-order chi connectivity index (χ1) is 13.0. The van der Waals surface area contributed by atoms with Gasteiger partial charge in [0.05, 0.1) is 5.56 Å². The van der Waals surface area contributed by atoms with E-state index in [9.17, 15) is 13.2 Å². The van der Waals surface area contributed by atoms with E-state index in [1.807, 2.05) is 18.2 Å². The first-order valence-electron chi connectivity index (χ1n) is 8.85. The van der Waals surface area contributed by atoms with Crippen LogP contribution in [0.15, 0.2) is 52.9 Å². The second kappa shape index (κ2) is 7.15. The Balaban J connectivity index is 1.57. The summed E-state index contributed by atoms with van der Waals surface area (Å²) in [6.07, 6.45) is -0.896. The smallest absolute Gasteiger partial charge is 0.416 e. The maximum absolute atomic E-state index is 12.7. The lowest BCUT2D eigenvalue weighted by molar-refractivity contribution is -0.137. The van der Waals surface area contributed by atoms with E-state index in [0.717, 1.165) is 30.7 Å². The fraction of sp³-hybridized carbons (Fsp3) is 0.300. The maximum Gasteiger partial charge on any atom is 0.416 e. The van der Waals surface area contributed by atoms with Crippen LogP contribution in [0.5, 0.6) is 0 Å². The van der Waals surface area contributed by atoms with E-state index in [2.05, 4.69) is 21.6 Å². The molecular formula is C20H18F3N3O. The Bertz CT molecular complexity index is 913. The zero-order chi connectivity index (χ0) is 18.9. The van der Waals surface area contributed by atoms with Crippen LogP contribution in [0.2, 0.25) is 0 Å². The Labute approximate surface area is 154 Å². The standard InChI is InChI=1S/C20H18F3N3O/c21-20(22,23)16-9-7-13(8-10-16)18-25-26-19(27-18)15-5-3-4-14(12-15)17-6-1-2-11-24-17/h3-5,7-10,12,17,24H,1-2,6,11H2. The van der Waals surface area contributed by atoms with Crippen molar-refractivity contribution in [3.8, 4) is 22.9 Å². The summed E-state index contributed by atoms with van der Waals surface area (Å²) in [5.74, 6) is 0.544. The normalized spacial score (nSPS) is 17.8. The summed E-state index contributed by atoms with van der Waals surface area (Å²) in [6.45, 7) is 1.01. The molecule has 7 heteroatoms. The van der Waals surface area contributed by atoms with Gasteiger partial charge in [-0.25, -0.2) is 0 Å². The van der Waals surface area contributed by atoms with Crippen molar-refractivity contribution in [2.45, 2.75) is 31.5 Å². The molecule has 0 aliphatic carbocycles. The Morgan fingerprint density at radius 2 is 1.67 bits per heavy atom. The topological polar surface area (TPSA) is 51.0 Å². The van der Waals surface area contributed by atoms with Gasteiger partial charge in [-0.2, -0.15) is 13.2 Å². The molecule has 1 fully saturated rings. The molecule has 0 saturated carbocycles. The summed E-state index contributed by atoms with van der Waals surface area (Å²) in [4.78, 5) is 0. The van der Waals surface area contributed by atoms with Crippen molar-refractivity contribution in [3.05, 3.63) is 59.7 Å². The average molecular weight is 373 g/mol. The van der Waals surface area contributed by atoms with Crippen LogP contribution in [0.4, 0.5) is 13.2 Å². The minimum absolute atomic E-state index is 0.194. The van der Waals surface area contributed by atoms with Crippen molar-refractivity contribution in [3.63, 3.8) is 0 Å². The molecule has 1 atom stereocenters. The largest absolute Gasteiger partial charge is 0.416 e. The summed E-state index contributed by atoms with van der Waals surface area (Å²) < 4.78 is 43.7. The van der Waals surface area contributed by atoms with Crippen LogP contribution in [0, 0.1) is 0 Å². The van der Waals surface area contributed by atoms with Gasteiger partial charge in [-0.3, -0.25) is 0 Å². The van der Waals surface area contributed by atoms with Crippen LogP contribution in [-0.2, 0) is 6.18 Å². The molecule has 1 aliphatic heterocycles. The predicted molar refractivity (Wildman–Crippen MR) is 94.8 cm³/mol. The van der Waals surface area contributed by atoms with Crippen molar-refractivity contribution in [1.82, 2.24) is 15.5 Å². The van der Waals surface area contributed by atoms with Crippen LogP contribution in [-0.4, -0.2) is 16.7 Å². The number of rotatable bonds is 3. The molecule has 1 unspecified atom stereocenters. The molecule has 1 aromatic heterocycles. The quantitative estimate of drug-likeness (QED) is 0.682. The van der Waals surface area contributed by atoms with E-state index in [1.165, 1.54) is 30.5 Å². The van der Waals surface area contributed by atoms with Gasteiger partial charge in [0, 0.05) is 17.2 Å². The van der Waals surface area contributed by atoms with Gasteiger partial charge < -0.3 is 9.73 Å². The zero-order valence-electron chi connectivity index (χ0n) is 14.5. The fourth-order valence-electron chi connectivity index (χ4n) is 3.28. The fourth-order valence-corrected chi connectivity index (χ4v) is 3.28. The monoisotopic (exact) mass is 373 g/mol. The van der Waals surface area contributed by atoms with Gasteiger partial charge in [-0.05, 0) is 61.3 Å². The molecule has 3 aromatic rings. The molecule has 1 N–H and O–H groups in total. The minimum atomic E-state index is -4.37. The van der Waals surface area contributed by atoms with Crippen LogP contribution in [0.1, 0.15) is 36.4 Å². The highest BCUT2D eigenvalue weighted by Crippen LogP contribution is 2.32. The number of piperidine rings is 1. The van der Waals surface area contributed by atoms with Crippen LogP contribution >= 0.6 is 0 Å². The molecule has 1 saturated heterocycles. The van der Waals surface area contributed by atoms with Crippen molar-refractivity contribution < 1.29 is 17.6 Å². The number of aromatic nitrogens is 2. The number of nitrogens with zero attached hydrogens (tertiary/aromatic N) is 2. The molecule has 140 valence electrons. The van der Waals surface area contributed by atoms with E-state index >= 15 is 0 Å². The number of hydrogen-bond donors (Lipinski definition) is 1.